The van der Waals surface area contributed by atoms with Crippen LogP contribution < -0.4 is 11.1 Å². The molecule has 2 heterocycles. The van der Waals surface area contributed by atoms with Crippen LogP contribution in [0.15, 0.2) is 16.7 Å². The average molecular weight is 302 g/mol. The van der Waals surface area contributed by atoms with Gasteiger partial charge in [0.2, 0.25) is 5.22 Å². The molecule has 0 bridgehead atoms. The van der Waals surface area contributed by atoms with Crippen molar-refractivity contribution in [2.75, 3.05) is 20.1 Å². The van der Waals surface area contributed by atoms with Crippen molar-refractivity contribution in [1.29, 1.82) is 0 Å². The monoisotopic (exact) mass is 301 g/mol. The second kappa shape index (κ2) is 5.48. The molecular formula is C12H16ClN3O2S. The van der Waals surface area contributed by atoms with Crippen LogP contribution in [-0.4, -0.2) is 41.5 Å². The summed E-state index contributed by atoms with van der Waals surface area (Å²) in [6.07, 6.45) is 2.76. The summed E-state index contributed by atoms with van der Waals surface area (Å²) in [5.74, 6) is -0.309. The SMILES string of the molecule is CN1CCC(NC(=O)c2ccoc2Cl)(C(N)=S)CC1. The molecule has 3 N–H and O–H groups in total. The van der Waals surface area contributed by atoms with E-state index in [4.69, 9.17) is 34.0 Å². The Morgan fingerprint density at radius 2 is 2.21 bits per heavy atom. The van der Waals surface area contributed by atoms with E-state index >= 15 is 0 Å². The number of nitrogens with two attached hydrogens (primary N) is 1. The van der Waals surface area contributed by atoms with Gasteiger partial charge in [-0.3, -0.25) is 4.79 Å². The van der Waals surface area contributed by atoms with Crippen molar-refractivity contribution in [3.63, 3.8) is 0 Å². The van der Waals surface area contributed by atoms with Gasteiger partial charge in [0.15, 0.2) is 0 Å². The summed E-state index contributed by atoms with van der Waals surface area (Å²) in [4.78, 5) is 14.7. The van der Waals surface area contributed by atoms with E-state index in [1.165, 1.54) is 12.3 Å². The van der Waals surface area contributed by atoms with Crippen molar-refractivity contribution in [3.05, 3.63) is 23.1 Å². The number of amides is 1. The van der Waals surface area contributed by atoms with E-state index in [1.54, 1.807) is 0 Å². The molecule has 7 heteroatoms. The molecule has 19 heavy (non-hydrogen) atoms. The maximum Gasteiger partial charge on any atom is 0.256 e. The van der Waals surface area contributed by atoms with Crippen LogP contribution in [0.1, 0.15) is 23.2 Å². The van der Waals surface area contributed by atoms with E-state index in [0.29, 0.717) is 23.4 Å². The number of nitrogens with one attached hydrogen (secondary N) is 1. The van der Waals surface area contributed by atoms with Crippen LogP contribution in [0.5, 0.6) is 0 Å². The highest BCUT2D eigenvalue weighted by Gasteiger charge is 2.38. The number of nitrogens with zero attached hydrogens (tertiary/aromatic N) is 1. The number of hydrogen-bond acceptors (Lipinski definition) is 4. The summed E-state index contributed by atoms with van der Waals surface area (Å²) < 4.78 is 4.92. The van der Waals surface area contributed by atoms with E-state index < -0.39 is 5.54 Å². The van der Waals surface area contributed by atoms with Gasteiger partial charge in [-0.2, -0.15) is 0 Å². The molecule has 1 aliphatic heterocycles. The first-order valence-electron chi connectivity index (χ1n) is 5.98. The van der Waals surface area contributed by atoms with Crippen LogP contribution in [0.3, 0.4) is 0 Å². The van der Waals surface area contributed by atoms with Gasteiger partial charge in [0, 0.05) is 13.1 Å². The first kappa shape index (κ1) is 14.3. The smallest absolute Gasteiger partial charge is 0.256 e. The molecule has 1 aromatic rings. The first-order chi connectivity index (χ1) is 8.94. The normalized spacial score (nSPS) is 19.1. The van der Waals surface area contributed by atoms with Crippen LogP contribution in [0.2, 0.25) is 5.22 Å². The summed E-state index contributed by atoms with van der Waals surface area (Å²) in [6.45, 7) is 1.66. The number of hydrogen-bond donors (Lipinski definition) is 2. The van der Waals surface area contributed by atoms with E-state index in [0.717, 1.165) is 13.1 Å². The standard InChI is InChI=1S/C12H16ClN3O2S/c1-16-5-3-12(4-6-16,11(14)19)15-10(17)8-2-7-18-9(8)13/h2,7H,3-6H2,1H3,(H2,14,19)(H,15,17). The van der Waals surface area contributed by atoms with Gasteiger partial charge in [-0.15, -0.1) is 0 Å². The van der Waals surface area contributed by atoms with Gasteiger partial charge in [0.05, 0.1) is 22.4 Å². The lowest BCUT2D eigenvalue weighted by Crippen LogP contribution is -2.61. The topological polar surface area (TPSA) is 71.5 Å². The summed E-state index contributed by atoms with van der Waals surface area (Å²) in [7, 11) is 2.03. The first-order valence-corrected chi connectivity index (χ1v) is 6.77. The molecule has 0 aliphatic carbocycles. The highest BCUT2D eigenvalue weighted by molar-refractivity contribution is 7.80. The van der Waals surface area contributed by atoms with Gasteiger partial charge >= 0.3 is 0 Å². The average Bonchev–Trinajstić information content (AvgIpc) is 2.78. The molecule has 1 saturated heterocycles. The lowest BCUT2D eigenvalue weighted by Gasteiger charge is -2.40. The van der Waals surface area contributed by atoms with Crippen molar-refractivity contribution in [1.82, 2.24) is 10.2 Å². The molecule has 0 saturated carbocycles. The fourth-order valence-corrected chi connectivity index (χ4v) is 2.63. The Kier molecular flexibility index (Phi) is 4.13. The quantitative estimate of drug-likeness (QED) is 0.826. The zero-order valence-electron chi connectivity index (χ0n) is 10.6. The fraction of sp³-hybridized carbons (Fsp3) is 0.500. The van der Waals surface area contributed by atoms with Crippen LogP contribution in [0.4, 0.5) is 0 Å². The molecule has 1 aliphatic rings. The van der Waals surface area contributed by atoms with Crippen LogP contribution in [-0.2, 0) is 0 Å². The van der Waals surface area contributed by atoms with Gasteiger partial charge in [0.1, 0.15) is 0 Å². The molecule has 0 spiro atoms. The minimum absolute atomic E-state index is 0.0727. The molecule has 0 aromatic carbocycles. The Bertz CT molecular complexity index is 495. The summed E-state index contributed by atoms with van der Waals surface area (Å²) in [6, 6.07) is 1.53. The van der Waals surface area contributed by atoms with Crippen LogP contribution in [0.25, 0.3) is 0 Å². The van der Waals surface area contributed by atoms with E-state index in [-0.39, 0.29) is 11.1 Å². The number of thiocarbonyl (C=S) groups is 1. The van der Waals surface area contributed by atoms with Gasteiger partial charge in [-0.25, -0.2) is 0 Å². The minimum Gasteiger partial charge on any atom is -0.452 e. The number of furan rings is 1. The van der Waals surface area contributed by atoms with Crippen molar-refractivity contribution in [2.45, 2.75) is 18.4 Å². The molecular weight excluding hydrogens is 286 g/mol. The lowest BCUT2D eigenvalue weighted by atomic mass is 9.87. The number of piperidine rings is 1. The number of likely N-dealkylation sites (tertiary alicyclic amines) is 1. The van der Waals surface area contributed by atoms with Crippen molar-refractivity contribution in [2.24, 2.45) is 5.73 Å². The maximum atomic E-state index is 12.2. The molecule has 104 valence electrons. The predicted octanol–water partition coefficient (Wildman–Crippen LogP) is 1.41. The number of carbonyl (C=O) groups is 1. The van der Waals surface area contributed by atoms with Crippen LogP contribution >= 0.6 is 23.8 Å². The van der Waals surface area contributed by atoms with Gasteiger partial charge in [-0.05, 0) is 37.6 Å². The van der Waals surface area contributed by atoms with Gasteiger partial charge < -0.3 is 20.4 Å². The Hall–Kier alpha value is -1.11. The van der Waals surface area contributed by atoms with E-state index in [9.17, 15) is 4.79 Å². The maximum absolute atomic E-state index is 12.2. The second-order valence-electron chi connectivity index (χ2n) is 4.81. The summed E-state index contributed by atoms with van der Waals surface area (Å²) in [5, 5.41) is 2.99. The molecule has 2 rings (SSSR count). The Labute approximate surface area is 122 Å². The number of rotatable bonds is 3. The third-order valence-corrected chi connectivity index (χ3v) is 4.21. The van der Waals surface area contributed by atoms with Gasteiger partial charge in [0.25, 0.3) is 5.91 Å². The Morgan fingerprint density at radius 3 is 2.68 bits per heavy atom. The van der Waals surface area contributed by atoms with Crippen molar-refractivity contribution in [3.8, 4) is 0 Å². The van der Waals surface area contributed by atoms with Crippen molar-refractivity contribution < 1.29 is 9.21 Å². The zero-order chi connectivity index (χ0) is 14.0. The van der Waals surface area contributed by atoms with Crippen LogP contribution in [0, 0.1) is 0 Å². The predicted molar refractivity (Wildman–Crippen MR) is 77.4 cm³/mol. The third-order valence-electron chi connectivity index (χ3n) is 3.53. The number of halogens is 1. The van der Waals surface area contributed by atoms with E-state index in [1.807, 2.05) is 7.05 Å². The Balaban J connectivity index is 2.16. The lowest BCUT2D eigenvalue weighted by molar-refractivity contribution is 0.0890. The number of carbonyl (C=O) groups excluding carboxylic acids is 1. The van der Waals surface area contributed by atoms with Crippen molar-refractivity contribution >= 4 is 34.7 Å². The molecule has 1 fully saturated rings. The molecule has 1 amide bonds. The molecule has 0 radical (unpaired) electrons. The Morgan fingerprint density at radius 1 is 1.58 bits per heavy atom. The molecule has 1 aromatic heterocycles. The third kappa shape index (κ3) is 2.91. The highest BCUT2D eigenvalue weighted by atomic mass is 35.5. The second-order valence-corrected chi connectivity index (χ2v) is 5.59. The highest BCUT2D eigenvalue weighted by Crippen LogP contribution is 2.24. The molecule has 5 nitrogen and oxygen atoms in total. The summed E-state index contributed by atoms with van der Waals surface area (Å²) in [5.41, 5.74) is 5.49. The molecule has 0 atom stereocenters. The zero-order valence-corrected chi connectivity index (χ0v) is 12.2. The summed E-state index contributed by atoms with van der Waals surface area (Å²) >= 11 is 10.9. The fourth-order valence-electron chi connectivity index (χ4n) is 2.17. The van der Waals surface area contributed by atoms with Gasteiger partial charge in [-0.1, -0.05) is 12.2 Å². The van der Waals surface area contributed by atoms with E-state index in [2.05, 4.69) is 10.2 Å². The minimum atomic E-state index is -0.639. The largest absolute Gasteiger partial charge is 0.452 e. The molecule has 0 unspecified atom stereocenters.